The van der Waals surface area contributed by atoms with Gasteiger partial charge in [0, 0.05) is 0 Å². The molecule has 0 amide bonds. The molecule has 0 radical (unpaired) electrons. The molecule has 1 heterocycles. The third-order valence-electron chi connectivity index (χ3n) is 3.80. The number of hydrazone groups is 1. The van der Waals surface area contributed by atoms with Crippen molar-refractivity contribution in [1.82, 2.24) is 15.3 Å². The quantitative estimate of drug-likeness (QED) is 0.507. The van der Waals surface area contributed by atoms with Crippen LogP contribution in [0.25, 0.3) is 0 Å². The van der Waals surface area contributed by atoms with Crippen LogP contribution in [0.2, 0.25) is 0 Å². The first-order valence-corrected chi connectivity index (χ1v) is 8.02. The summed E-state index contributed by atoms with van der Waals surface area (Å²) in [5.74, 6) is 0. The standard InChI is InChI=1S/C15H22N4Se/c1-12(14-10-6-7-11-16-14)17-18-15(20)19(2)13-8-4-3-5-9-13/h6-7,10-11,13H,3-5,8-9H2,1-2H3,(H,18,20). The van der Waals surface area contributed by atoms with Crippen molar-refractivity contribution >= 4 is 26.0 Å². The molecule has 1 saturated carbocycles. The van der Waals surface area contributed by atoms with Gasteiger partial charge in [0.2, 0.25) is 0 Å². The van der Waals surface area contributed by atoms with Crippen molar-refractivity contribution in [3.05, 3.63) is 30.1 Å². The average Bonchev–Trinajstić information content (AvgIpc) is 2.53. The molecule has 0 aromatic carbocycles. The molecular formula is C15H22N4Se. The van der Waals surface area contributed by atoms with E-state index < -0.39 is 0 Å². The molecule has 1 fully saturated rings. The summed E-state index contributed by atoms with van der Waals surface area (Å²) in [7, 11) is 2.13. The molecule has 0 bridgehead atoms. The van der Waals surface area contributed by atoms with E-state index in [2.05, 4.69) is 43.0 Å². The maximum absolute atomic E-state index is 4.40. The van der Waals surface area contributed by atoms with E-state index in [4.69, 9.17) is 0 Å². The van der Waals surface area contributed by atoms with Crippen LogP contribution in [0.1, 0.15) is 44.7 Å². The Kier molecular flexibility index (Phi) is 5.74. The number of nitrogens with zero attached hydrogens (tertiary/aromatic N) is 3. The zero-order valence-electron chi connectivity index (χ0n) is 12.2. The number of hydrogen-bond acceptors (Lipinski definition) is 4. The van der Waals surface area contributed by atoms with Gasteiger partial charge in [-0.2, -0.15) is 0 Å². The Balaban J connectivity index is 1.90. The van der Waals surface area contributed by atoms with Crippen LogP contribution < -0.4 is 5.43 Å². The van der Waals surface area contributed by atoms with Gasteiger partial charge in [-0.3, -0.25) is 0 Å². The number of hydrogen-bond donors (Lipinski definition) is 1. The summed E-state index contributed by atoms with van der Waals surface area (Å²) in [6.45, 7) is 1.96. The van der Waals surface area contributed by atoms with Gasteiger partial charge < -0.3 is 0 Å². The number of pyridine rings is 1. The summed E-state index contributed by atoms with van der Waals surface area (Å²) in [6.07, 6.45) is 8.36. The number of aromatic nitrogens is 1. The van der Waals surface area contributed by atoms with Gasteiger partial charge >= 0.3 is 129 Å². The molecule has 0 spiro atoms. The predicted octanol–water partition coefficient (Wildman–Crippen LogP) is 1.92. The van der Waals surface area contributed by atoms with Crippen LogP contribution in [0.4, 0.5) is 0 Å². The van der Waals surface area contributed by atoms with Gasteiger partial charge in [-0.25, -0.2) is 0 Å². The summed E-state index contributed by atoms with van der Waals surface area (Å²) in [5.41, 5.74) is 4.89. The second-order valence-corrected chi connectivity index (χ2v) is 6.04. The second kappa shape index (κ2) is 7.55. The van der Waals surface area contributed by atoms with Crippen LogP contribution in [-0.2, 0) is 0 Å². The van der Waals surface area contributed by atoms with Crippen LogP contribution in [0.5, 0.6) is 0 Å². The van der Waals surface area contributed by atoms with Crippen LogP contribution >= 0.6 is 0 Å². The topological polar surface area (TPSA) is 40.5 Å². The van der Waals surface area contributed by atoms with Gasteiger partial charge in [0.25, 0.3) is 0 Å². The molecule has 0 saturated heterocycles. The van der Waals surface area contributed by atoms with Crippen molar-refractivity contribution in [2.24, 2.45) is 5.10 Å². The van der Waals surface area contributed by atoms with Crippen molar-refractivity contribution in [2.45, 2.75) is 45.1 Å². The molecule has 1 aromatic heterocycles. The summed E-state index contributed by atoms with van der Waals surface area (Å²) >= 11 is 3.08. The Morgan fingerprint density at radius 1 is 1.35 bits per heavy atom. The van der Waals surface area contributed by atoms with E-state index in [0.717, 1.165) is 16.1 Å². The van der Waals surface area contributed by atoms with Crippen molar-refractivity contribution in [1.29, 1.82) is 0 Å². The van der Waals surface area contributed by atoms with Gasteiger partial charge in [0.05, 0.1) is 0 Å². The molecule has 2 rings (SSSR count). The fraction of sp³-hybridized carbons (Fsp3) is 0.533. The minimum absolute atomic E-state index is 0.623. The Morgan fingerprint density at radius 2 is 2.10 bits per heavy atom. The second-order valence-electron chi connectivity index (χ2n) is 5.23. The SMILES string of the molecule is CC(=NNC(=[Se])N(C)C1CCCCC1)c1ccccn1. The monoisotopic (exact) mass is 338 g/mol. The molecule has 1 aromatic rings. The summed E-state index contributed by atoms with van der Waals surface area (Å²) in [5, 5.41) is 4.40. The third-order valence-corrected chi connectivity index (χ3v) is 4.59. The van der Waals surface area contributed by atoms with Crippen LogP contribution in [0.15, 0.2) is 29.5 Å². The van der Waals surface area contributed by atoms with Crippen molar-refractivity contribution < 1.29 is 0 Å². The van der Waals surface area contributed by atoms with E-state index in [-0.39, 0.29) is 0 Å². The molecule has 108 valence electrons. The fourth-order valence-electron chi connectivity index (χ4n) is 2.48. The van der Waals surface area contributed by atoms with Gasteiger partial charge in [-0.05, 0) is 0 Å². The Labute approximate surface area is 129 Å². The molecule has 0 aliphatic heterocycles. The van der Waals surface area contributed by atoms with Crippen LogP contribution in [0.3, 0.4) is 0 Å². The maximum atomic E-state index is 4.40. The first-order valence-electron chi connectivity index (χ1n) is 7.17. The van der Waals surface area contributed by atoms with Crippen molar-refractivity contribution in [3.63, 3.8) is 0 Å². The minimum atomic E-state index is 0.623. The molecule has 4 nitrogen and oxygen atoms in total. The number of rotatable bonds is 5. The molecule has 0 atom stereocenters. The first kappa shape index (κ1) is 15.2. The van der Waals surface area contributed by atoms with Gasteiger partial charge in [-0.15, -0.1) is 0 Å². The van der Waals surface area contributed by atoms with E-state index in [1.54, 1.807) is 6.20 Å². The molecule has 5 heteroatoms. The zero-order chi connectivity index (χ0) is 14.4. The molecule has 20 heavy (non-hydrogen) atoms. The Hall–Kier alpha value is -1.19. The van der Waals surface area contributed by atoms with E-state index >= 15 is 0 Å². The summed E-state index contributed by atoms with van der Waals surface area (Å²) < 4.78 is 0.979. The Bertz CT molecular complexity index is 466. The fourth-order valence-corrected chi connectivity index (χ4v) is 2.89. The van der Waals surface area contributed by atoms with E-state index in [1.807, 2.05) is 25.1 Å². The summed E-state index contributed by atoms with van der Waals surface area (Å²) in [6, 6.07) is 6.47. The first-order chi connectivity index (χ1) is 9.68. The van der Waals surface area contributed by atoms with Gasteiger partial charge in [0.1, 0.15) is 0 Å². The van der Waals surface area contributed by atoms with E-state index in [0.29, 0.717) is 6.04 Å². The molecule has 1 aliphatic carbocycles. The Morgan fingerprint density at radius 3 is 2.75 bits per heavy atom. The van der Waals surface area contributed by atoms with Crippen molar-refractivity contribution in [3.8, 4) is 0 Å². The van der Waals surface area contributed by atoms with Crippen LogP contribution in [0, 0.1) is 0 Å². The normalized spacial score (nSPS) is 16.8. The zero-order valence-corrected chi connectivity index (χ0v) is 13.9. The average molecular weight is 337 g/mol. The third kappa shape index (κ3) is 4.15. The van der Waals surface area contributed by atoms with Crippen molar-refractivity contribution in [2.75, 3.05) is 7.05 Å². The molecule has 1 N–H and O–H groups in total. The van der Waals surface area contributed by atoms with Gasteiger partial charge in [0.15, 0.2) is 0 Å². The van der Waals surface area contributed by atoms with E-state index in [9.17, 15) is 0 Å². The summed E-state index contributed by atoms with van der Waals surface area (Å²) in [4.78, 5) is 6.56. The van der Waals surface area contributed by atoms with E-state index in [1.165, 1.54) is 32.1 Å². The van der Waals surface area contributed by atoms with Crippen LogP contribution in [-0.4, -0.2) is 48.9 Å². The number of nitrogens with one attached hydrogen (secondary N) is 1. The van der Waals surface area contributed by atoms with Gasteiger partial charge in [-0.1, -0.05) is 0 Å². The molecule has 1 aliphatic rings. The predicted molar refractivity (Wildman–Crippen MR) is 85.0 cm³/mol. The molecular weight excluding hydrogens is 315 g/mol. The molecule has 0 unspecified atom stereocenters.